The van der Waals surface area contributed by atoms with E-state index >= 15 is 0 Å². The first-order chi connectivity index (χ1) is 24.1. The summed E-state index contributed by atoms with van der Waals surface area (Å²) in [5.74, 6) is -0.348. The van der Waals surface area contributed by atoms with Crippen molar-refractivity contribution in [1.82, 2.24) is 31.2 Å². The SMILES string of the molecule is C=N/C(CNC[C@@H]1CCC(=O)N1)=C(\N=C(/C)c1cccc(-c2cccc(-c3cnc(CNCC4CC(=O)NC4=O)c(OC)n3)c2Cl)c1Cl)OC. The van der Waals surface area contributed by atoms with Crippen molar-refractivity contribution in [2.24, 2.45) is 15.9 Å². The molecule has 3 aromatic rings. The first kappa shape index (κ1) is 36.6. The molecule has 2 aliphatic rings. The highest BCUT2D eigenvalue weighted by Gasteiger charge is 2.30. The van der Waals surface area contributed by atoms with Crippen LogP contribution in [-0.2, 0) is 25.7 Å². The molecule has 2 saturated heterocycles. The van der Waals surface area contributed by atoms with Crippen molar-refractivity contribution in [3.8, 4) is 28.3 Å². The molecule has 0 aliphatic carbocycles. The fourth-order valence-electron chi connectivity index (χ4n) is 5.74. The van der Waals surface area contributed by atoms with E-state index in [1.807, 2.05) is 43.3 Å². The Morgan fingerprint density at radius 1 is 1.02 bits per heavy atom. The summed E-state index contributed by atoms with van der Waals surface area (Å²) < 4.78 is 11.1. The van der Waals surface area contributed by atoms with Gasteiger partial charge in [0, 0.05) is 67.3 Å². The number of rotatable bonds is 15. The average molecular weight is 722 g/mol. The minimum absolute atomic E-state index is 0.0567. The standard InChI is InChI=1S/C35H38Cl2N8O5/c1-19(42-34(49-3)27(38-2)16-40-15-21-11-12-29(46)43-21)22-7-5-8-23(31(22)36)24-9-6-10-25(32(24)37)26-18-41-28(35(44-26)50-4)17-39-14-20-13-30(47)45-33(20)48/h5-10,18,20-21,39-40H,2,11-17H2,1,3-4H3,(H,43,46)(H,45,47,48)/b34-27+,42-19+/t20?,21-/m0/s1. The smallest absolute Gasteiger partial charge is 0.237 e. The largest absolute Gasteiger partial charge is 0.480 e. The number of nitrogens with one attached hydrogen (secondary N) is 4. The van der Waals surface area contributed by atoms with Crippen LogP contribution >= 0.6 is 23.2 Å². The van der Waals surface area contributed by atoms with E-state index in [-0.39, 0.29) is 42.6 Å². The molecule has 2 aromatic carbocycles. The van der Waals surface area contributed by atoms with Crippen LogP contribution in [0.3, 0.4) is 0 Å². The van der Waals surface area contributed by atoms with Gasteiger partial charge in [-0.2, -0.15) is 0 Å². The van der Waals surface area contributed by atoms with Crippen molar-refractivity contribution in [1.29, 1.82) is 0 Å². The molecule has 262 valence electrons. The van der Waals surface area contributed by atoms with Crippen LogP contribution in [-0.4, -0.2) is 80.0 Å². The van der Waals surface area contributed by atoms with Crippen molar-refractivity contribution in [3.63, 3.8) is 0 Å². The van der Waals surface area contributed by atoms with Gasteiger partial charge in [-0.25, -0.2) is 9.98 Å². The van der Waals surface area contributed by atoms with E-state index in [0.29, 0.717) is 87.0 Å². The Morgan fingerprint density at radius 2 is 1.76 bits per heavy atom. The summed E-state index contributed by atoms with van der Waals surface area (Å²) in [5, 5.41) is 12.5. The number of halogens is 2. The van der Waals surface area contributed by atoms with Gasteiger partial charge in [-0.1, -0.05) is 59.6 Å². The molecule has 50 heavy (non-hydrogen) atoms. The fraction of sp³-hybridized carbons (Fsp3) is 0.343. The second kappa shape index (κ2) is 16.8. The molecule has 0 spiro atoms. The number of ether oxygens (including phenoxy) is 2. The highest BCUT2D eigenvalue weighted by Crippen LogP contribution is 2.40. The van der Waals surface area contributed by atoms with Crippen LogP contribution in [0.5, 0.6) is 5.88 Å². The quantitative estimate of drug-likeness (QED) is 0.103. The van der Waals surface area contributed by atoms with Crippen molar-refractivity contribution < 1.29 is 23.9 Å². The fourth-order valence-corrected chi connectivity index (χ4v) is 6.43. The third kappa shape index (κ3) is 8.53. The Morgan fingerprint density at radius 3 is 2.42 bits per heavy atom. The van der Waals surface area contributed by atoms with Crippen LogP contribution in [0.2, 0.25) is 10.0 Å². The molecule has 3 heterocycles. The van der Waals surface area contributed by atoms with Gasteiger partial charge in [-0.15, -0.1) is 0 Å². The number of methoxy groups -OCH3 is 2. The second-order valence-electron chi connectivity index (χ2n) is 11.7. The molecule has 2 aliphatic heterocycles. The maximum absolute atomic E-state index is 11.9. The number of benzene rings is 2. The number of nitrogens with zero attached hydrogens (tertiary/aromatic N) is 4. The Balaban J connectivity index is 1.35. The van der Waals surface area contributed by atoms with Crippen LogP contribution in [0, 0.1) is 5.92 Å². The van der Waals surface area contributed by atoms with Crippen LogP contribution in [0.1, 0.15) is 37.4 Å². The van der Waals surface area contributed by atoms with Gasteiger partial charge < -0.3 is 25.4 Å². The third-order valence-electron chi connectivity index (χ3n) is 8.38. The number of amides is 3. The van der Waals surface area contributed by atoms with E-state index in [1.165, 1.54) is 14.2 Å². The van der Waals surface area contributed by atoms with E-state index in [4.69, 9.17) is 37.7 Å². The summed E-state index contributed by atoms with van der Waals surface area (Å²) >= 11 is 14.0. The Hall–Kier alpha value is -4.69. The van der Waals surface area contributed by atoms with E-state index in [2.05, 4.69) is 42.9 Å². The van der Waals surface area contributed by atoms with Crippen molar-refractivity contribution in [3.05, 3.63) is 75.5 Å². The zero-order valence-corrected chi connectivity index (χ0v) is 29.5. The second-order valence-corrected chi connectivity index (χ2v) is 12.5. The lowest BCUT2D eigenvalue weighted by Gasteiger charge is -2.15. The first-order valence-corrected chi connectivity index (χ1v) is 16.7. The number of aromatic nitrogens is 2. The van der Waals surface area contributed by atoms with Crippen molar-refractivity contribution in [2.45, 2.75) is 38.8 Å². The number of imide groups is 1. The van der Waals surface area contributed by atoms with Gasteiger partial charge >= 0.3 is 0 Å². The summed E-state index contributed by atoms with van der Waals surface area (Å²) in [6.45, 7) is 7.04. The van der Waals surface area contributed by atoms with E-state index in [0.717, 1.165) is 6.42 Å². The Kier molecular flexibility index (Phi) is 12.3. The minimum Gasteiger partial charge on any atom is -0.480 e. The molecule has 13 nitrogen and oxygen atoms in total. The topological polar surface area (TPSA) is 168 Å². The van der Waals surface area contributed by atoms with Gasteiger partial charge in [0.25, 0.3) is 0 Å². The lowest BCUT2D eigenvalue weighted by Crippen LogP contribution is -2.36. The number of hydrogen-bond acceptors (Lipinski definition) is 11. The van der Waals surface area contributed by atoms with Gasteiger partial charge in [-0.05, 0) is 20.1 Å². The van der Waals surface area contributed by atoms with Gasteiger partial charge in [0.15, 0.2) is 0 Å². The number of carbonyl (C=O) groups excluding carboxylic acids is 3. The molecule has 0 saturated carbocycles. The van der Waals surface area contributed by atoms with Gasteiger partial charge in [0.2, 0.25) is 29.5 Å². The van der Waals surface area contributed by atoms with E-state index < -0.39 is 5.92 Å². The predicted octanol–water partition coefficient (Wildman–Crippen LogP) is 4.07. The molecule has 1 unspecified atom stereocenters. The predicted molar refractivity (Wildman–Crippen MR) is 192 cm³/mol. The first-order valence-electron chi connectivity index (χ1n) is 15.9. The minimum atomic E-state index is -0.427. The summed E-state index contributed by atoms with van der Waals surface area (Å²) in [4.78, 5) is 52.9. The summed E-state index contributed by atoms with van der Waals surface area (Å²) in [5.41, 5.74) is 4.79. The van der Waals surface area contributed by atoms with Gasteiger partial charge in [0.05, 0.1) is 47.8 Å². The number of hydrogen-bond donors (Lipinski definition) is 4. The molecule has 2 atom stereocenters. The monoisotopic (exact) mass is 720 g/mol. The number of aliphatic imine (C=N–C) groups is 2. The maximum Gasteiger partial charge on any atom is 0.237 e. The maximum atomic E-state index is 11.9. The normalized spacial score (nSPS) is 18.1. The molecule has 3 amide bonds. The molecular formula is C35H38Cl2N8O5. The van der Waals surface area contributed by atoms with E-state index in [1.54, 1.807) is 6.20 Å². The van der Waals surface area contributed by atoms with Crippen LogP contribution in [0.4, 0.5) is 0 Å². The van der Waals surface area contributed by atoms with Crippen molar-refractivity contribution >= 4 is 53.4 Å². The third-order valence-corrected chi connectivity index (χ3v) is 9.19. The lowest BCUT2D eigenvalue weighted by atomic mass is 9.98. The molecular weight excluding hydrogens is 683 g/mol. The Labute approximate surface area is 300 Å². The zero-order chi connectivity index (χ0) is 35.8. The zero-order valence-electron chi connectivity index (χ0n) is 27.9. The van der Waals surface area contributed by atoms with Gasteiger partial charge in [-0.3, -0.25) is 29.7 Å². The van der Waals surface area contributed by atoms with Crippen LogP contribution in [0.15, 0.2) is 64.2 Å². The molecule has 15 heteroatoms. The van der Waals surface area contributed by atoms with Crippen molar-refractivity contribution in [2.75, 3.05) is 33.9 Å². The molecule has 0 radical (unpaired) electrons. The molecule has 1 aromatic heterocycles. The van der Waals surface area contributed by atoms with Gasteiger partial charge in [0.1, 0.15) is 11.4 Å². The lowest BCUT2D eigenvalue weighted by molar-refractivity contribution is -0.126. The van der Waals surface area contributed by atoms with E-state index in [9.17, 15) is 14.4 Å². The average Bonchev–Trinajstić information content (AvgIpc) is 3.68. The highest BCUT2D eigenvalue weighted by molar-refractivity contribution is 6.39. The molecule has 2 fully saturated rings. The highest BCUT2D eigenvalue weighted by atomic mass is 35.5. The molecule has 0 bridgehead atoms. The Bertz CT molecular complexity index is 1860. The summed E-state index contributed by atoms with van der Waals surface area (Å²) in [6.07, 6.45) is 3.07. The van der Waals surface area contributed by atoms with Crippen LogP contribution in [0.25, 0.3) is 22.4 Å². The summed E-state index contributed by atoms with van der Waals surface area (Å²) in [7, 11) is 3.01. The molecule has 5 rings (SSSR count). The number of carbonyl (C=O) groups is 3. The summed E-state index contributed by atoms with van der Waals surface area (Å²) in [6, 6.07) is 11.2. The van der Waals surface area contributed by atoms with Crippen LogP contribution < -0.4 is 26.0 Å². The molecule has 4 N–H and O–H groups in total.